The van der Waals surface area contributed by atoms with Crippen molar-refractivity contribution in [2.75, 3.05) is 0 Å². The first kappa shape index (κ1) is 26.7. The lowest BCUT2D eigenvalue weighted by atomic mass is 10.1. The smallest absolute Gasteiger partial charge is 0.235 e. The summed E-state index contributed by atoms with van der Waals surface area (Å²) in [4.78, 5) is 10.5. The molecule has 3 aromatic heterocycles. The van der Waals surface area contributed by atoms with Crippen molar-refractivity contribution in [2.45, 2.75) is 0 Å². The van der Waals surface area contributed by atoms with Crippen molar-refractivity contribution in [1.82, 2.24) is 19.1 Å². The number of fused-ring (bicyclic) bond motifs is 8. The fourth-order valence-electron chi connectivity index (χ4n) is 7.38. The lowest BCUT2D eigenvalue weighted by Gasteiger charge is -2.12. The van der Waals surface area contributed by atoms with Gasteiger partial charge in [-0.15, -0.1) is 0 Å². The lowest BCUT2D eigenvalue weighted by Crippen LogP contribution is -2.04. The molecule has 0 atom stereocenters. The molecule has 0 fully saturated rings. The van der Waals surface area contributed by atoms with E-state index in [1.165, 1.54) is 43.4 Å². The fourth-order valence-corrected chi connectivity index (χ4v) is 7.38. The summed E-state index contributed by atoms with van der Waals surface area (Å²) in [5.41, 5.74) is 9.54. The van der Waals surface area contributed by atoms with Gasteiger partial charge in [0, 0.05) is 38.4 Å². The summed E-state index contributed by atoms with van der Waals surface area (Å²) >= 11 is 0. The summed E-state index contributed by atoms with van der Waals surface area (Å²) in [7, 11) is 0. The molecule has 224 valence electrons. The molecule has 0 N–H and O–H groups in total. The zero-order valence-electron chi connectivity index (χ0n) is 26.0. The SMILES string of the molecule is c1ccc(-c2cc(-c3ccccc3)nc(-n3c4ccccc4c4c5c6ccccc6n(-c6ccc7ccccc7c6)c5ccc43)n2)cc1. The molecule has 3 heterocycles. The average Bonchev–Trinajstić information content (AvgIpc) is 3.68. The molecule has 4 heteroatoms. The van der Waals surface area contributed by atoms with Crippen molar-refractivity contribution in [2.24, 2.45) is 0 Å². The van der Waals surface area contributed by atoms with Crippen molar-refractivity contribution < 1.29 is 0 Å². The minimum absolute atomic E-state index is 0.652. The van der Waals surface area contributed by atoms with Gasteiger partial charge in [0.2, 0.25) is 5.95 Å². The third-order valence-electron chi connectivity index (χ3n) is 9.52. The molecule has 0 aliphatic heterocycles. The second-order valence-electron chi connectivity index (χ2n) is 12.3. The Morgan fingerprint density at radius 3 is 1.48 bits per heavy atom. The lowest BCUT2D eigenvalue weighted by molar-refractivity contribution is 0.996. The van der Waals surface area contributed by atoms with Gasteiger partial charge in [-0.1, -0.05) is 127 Å². The third-order valence-corrected chi connectivity index (χ3v) is 9.52. The van der Waals surface area contributed by atoms with Gasteiger partial charge in [-0.25, -0.2) is 9.97 Å². The molecule has 0 saturated carbocycles. The van der Waals surface area contributed by atoms with Gasteiger partial charge in [-0.2, -0.15) is 0 Å². The van der Waals surface area contributed by atoms with E-state index in [1.54, 1.807) is 0 Å². The van der Waals surface area contributed by atoms with Crippen LogP contribution in [0.2, 0.25) is 0 Å². The molecule has 0 bridgehead atoms. The Morgan fingerprint density at radius 1 is 0.354 bits per heavy atom. The second-order valence-corrected chi connectivity index (χ2v) is 12.3. The van der Waals surface area contributed by atoms with Crippen molar-refractivity contribution in [3.8, 4) is 34.2 Å². The Hall–Kier alpha value is -6.52. The van der Waals surface area contributed by atoms with Gasteiger partial charge in [0.05, 0.1) is 33.5 Å². The Bertz CT molecular complexity index is 2770. The van der Waals surface area contributed by atoms with Gasteiger partial charge in [0.25, 0.3) is 0 Å². The van der Waals surface area contributed by atoms with Crippen molar-refractivity contribution >= 4 is 54.4 Å². The van der Waals surface area contributed by atoms with Crippen LogP contribution < -0.4 is 0 Å². The molecular weight excluding hydrogens is 585 g/mol. The molecule has 10 rings (SSSR count). The fraction of sp³-hybridized carbons (Fsp3) is 0. The molecule has 0 unspecified atom stereocenters. The highest BCUT2D eigenvalue weighted by atomic mass is 15.2. The highest BCUT2D eigenvalue weighted by Crippen LogP contribution is 2.42. The summed E-state index contributed by atoms with van der Waals surface area (Å²) < 4.78 is 4.65. The van der Waals surface area contributed by atoms with Crippen LogP contribution in [-0.4, -0.2) is 19.1 Å². The molecule has 10 aromatic rings. The van der Waals surface area contributed by atoms with Crippen LogP contribution in [0.25, 0.3) is 88.5 Å². The number of hydrogen-bond donors (Lipinski definition) is 0. The van der Waals surface area contributed by atoms with E-state index in [2.05, 4.69) is 167 Å². The maximum atomic E-state index is 5.24. The summed E-state index contributed by atoms with van der Waals surface area (Å²) in [5, 5.41) is 7.29. The Balaban J connectivity index is 1.31. The zero-order valence-corrected chi connectivity index (χ0v) is 26.0. The molecule has 0 aliphatic carbocycles. The van der Waals surface area contributed by atoms with E-state index in [9.17, 15) is 0 Å². The number of nitrogens with zero attached hydrogens (tertiary/aromatic N) is 4. The number of aromatic nitrogens is 4. The first-order chi connectivity index (χ1) is 23.8. The maximum absolute atomic E-state index is 5.24. The Kier molecular flexibility index (Phi) is 5.84. The van der Waals surface area contributed by atoms with Gasteiger partial charge >= 0.3 is 0 Å². The summed E-state index contributed by atoms with van der Waals surface area (Å²) in [6.07, 6.45) is 0. The number of benzene rings is 7. The van der Waals surface area contributed by atoms with Crippen LogP contribution in [0.3, 0.4) is 0 Å². The van der Waals surface area contributed by atoms with Crippen molar-refractivity contribution in [3.63, 3.8) is 0 Å². The van der Waals surface area contributed by atoms with Crippen LogP contribution in [0.5, 0.6) is 0 Å². The highest BCUT2D eigenvalue weighted by Gasteiger charge is 2.22. The monoisotopic (exact) mass is 612 g/mol. The Morgan fingerprint density at radius 2 is 0.854 bits per heavy atom. The average molecular weight is 613 g/mol. The van der Waals surface area contributed by atoms with Gasteiger partial charge < -0.3 is 4.57 Å². The maximum Gasteiger partial charge on any atom is 0.235 e. The molecule has 0 saturated heterocycles. The van der Waals surface area contributed by atoms with E-state index in [-0.39, 0.29) is 0 Å². The van der Waals surface area contributed by atoms with Crippen LogP contribution in [0.15, 0.2) is 170 Å². The second kappa shape index (κ2) is 10.5. The Labute approximate surface area is 276 Å². The van der Waals surface area contributed by atoms with E-state index < -0.39 is 0 Å². The molecule has 7 aromatic carbocycles. The summed E-state index contributed by atoms with van der Waals surface area (Å²) in [5.74, 6) is 0.652. The van der Waals surface area contributed by atoms with Crippen LogP contribution in [-0.2, 0) is 0 Å². The van der Waals surface area contributed by atoms with E-state index in [0.29, 0.717) is 5.95 Å². The quantitative estimate of drug-likeness (QED) is 0.198. The highest BCUT2D eigenvalue weighted by molar-refractivity contribution is 6.28. The van der Waals surface area contributed by atoms with E-state index >= 15 is 0 Å². The molecule has 0 spiro atoms. The van der Waals surface area contributed by atoms with Gasteiger partial charge in [0.1, 0.15) is 0 Å². The predicted octanol–water partition coefficient (Wildman–Crippen LogP) is 11.2. The largest absolute Gasteiger partial charge is 0.309 e. The van der Waals surface area contributed by atoms with Crippen LogP contribution >= 0.6 is 0 Å². The van der Waals surface area contributed by atoms with Crippen LogP contribution in [0.1, 0.15) is 0 Å². The van der Waals surface area contributed by atoms with Crippen molar-refractivity contribution in [1.29, 1.82) is 0 Å². The van der Waals surface area contributed by atoms with Gasteiger partial charge in [0.15, 0.2) is 0 Å². The molecular formula is C44H28N4. The molecule has 0 aliphatic rings. The van der Waals surface area contributed by atoms with E-state index in [0.717, 1.165) is 39.2 Å². The zero-order chi connectivity index (χ0) is 31.6. The van der Waals surface area contributed by atoms with Crippen LogP contribution in [0.4, 0.5) is 0 Å². The predicted molar refractivity (Wildman–Crippen MR) is 199 cm³/mol. The van der Waals surface area contributed by atoms with Gasteiger partial charge in [-0.3, -0.25) is 4.57 Å². The number of rotatable bonds is 4. The first-order valence-electron chi connectivity index (χ1n) is 16.3. The first-order valence-corrected chi connectivity index (χ1v) is 16.3. The third kappa shape index (κ3) is 4.03. The van der Waals surface area contributed by atoms with E-state index in [1.807, 2.05) is 12.1 Å². The molecule has 0 radical (unpaired) electrons. The van der Waals surface area contributed by atoms with Gasteiger partial charge in [-0.05, 0) is 53.2 Å². The standard InChI is InChI=1S/C44H28N4/c1-3-14-30(15-4-1)36-28-37(31-16-5-2-6-17-31)46-44(45-36)48-39-22-12-10-20-35(39)43-41(48)26-25-40-42(43)34-19-9-11-21-38(34)47(40)33-24-23-29-13-7-8-18-32(29)27-33/h1-28H. The van der Waals surface area contributed by atoms with E-state index in [4.69, 9.17) is 9.97 Å². The minimum Gasteiger partial charge on any atom is -0.309 e. The summed E-state index contributed by atoms with van der Waals surface area (Å²) in [6, 6.07) is 60.1. The minimum atomic E-state index is 0.652. The molecule has 0 amide bonds. The molecule has 48 heavy (non-hydrogen) atoms. The number of para-hydroxylation sites is 2. The number of hydrogen-bond acceptors (Lipinski definition) is 2. The normalized spacial score (nSPS) is 11.8. The molecule has 4 nitrogen and oxygen atoms in total. The van der Waals surface area contributed by atoms with Crippen LogP contribution in [0, 0.1) is 0 Å². The van der Waals surface area contributed by atoms with Crippen molar-refractivity contribution in [3.05, 3.63) is 170 Å². The summed E-state index contributed by atoms with van der Waals surface area (Å²) in [6.45, 7) is 0. The topological polar surface area (TPSA) is 35.6 Å².